The molecular formula is C22H22BrClN3O3+. The highest BCUT2D eigenvalue weighted by Crippen LogP contribution is 2.46. The molecule has 4 atom stereocenters. The normalized spacial score (nSPS) is 28.9. The average Bonchev–Trinajstić information content (AvgIpc) is 3.37. The zero-order valence-electron chi connectivity index (χ0n) is 16.4. The first-order chi connectivity index (χ1) is 14.4. The van der Waals surface area contributed by atoms with Crippen LogP contribution in [0.1, 0.15) is 24.8 Å². The Balaban J connectivity index is 1.59. The lowest BCUT2D eigenvalue weighted by atomic mass is 9.78. The molecule has 3 heterocycles. The molecule has 8 heteroatoms. The minimum atomic E-state index is -0.920. The van der Waals surface area contributed by atoms with Crippen molar-refractivity contribution in [3.8, 4) is 5.75 Å². The zero-order valence-corrected chi connectivity index (χ0v) is 18.8. The highest BCUT2D eigenvalue weighted by Gasteiger charge is 2.69. The summed E-state index contributed by atoms with van der Waals surface area (Å²) in [5.74, 6) is -0.225. The van der Waals surface area contributed by atoms with E-state index in [1.165, 1.54) is 4.90 Å². The molecule has 1 spiro atoms. The fraction of sp³-hybridized carbons (Fsp3) is 0.364. The van der Waals surface area contributed by atoms with Crippen molar-refractivity contribution in [3.63, 3.8) is 0 Å². The molecular weight excluding hydrogens is 470 g/mol. The maximum absolute atomic E-state index is 13.6. The molecule has 0 saturated carbocycles. The van der Waals surface area contributed by atoms with E-state index < -0.39 is 11.5 Å². The molecule has 2 amide bonds. The quantitative estimate of drug-likeness (QED) is 0.618. The highest BCUT2D eigenvalue weighted by atomic mass is 79.9. The minimum absolute atomic E-state index is 0.0896. The smallest absolute Gasteiger partial charge is 0.291 e. The summed E-state index contributed by atoms with van der Waals surface area (Å²) in [7, 11) is 1.55. The molecule has 6 nitrogen and oxygen atoms in total. The van der Waals surface area contributed by atoms with Gasteiger partial charge in [0.15, 0.2) is 0 Å². The van der Waals surface area contributed by atoms with E-state index >= 15 is 0 Å². The Labute approximate surface area is 188 Å². The Morgan fingerprint density at radius 2 is 2.17 bits per heavy atom. The molecule has 2 saturated heterocycles. The van der Waals surface area contributed by atoms with E-state index in [2.05, 4.69) is 26.6 Å². The van der Waals surface area contributed by atoms with Crippen LogP contribution in [0.2, 0.25) is 5.02 Å². The van der Waals surface area contributed by atoms with Gasteiger partial charge < -0.3 is 20.3 Å². The number of rotatable bonds is 3. The Kier molecular flexibility index (Phi) is 4.80. The number of benzene rings is 2. The van der Waals surface area contributed by atoms with Crippen molar-refractivity contribution in [2.75, 3.05) is 24.3 Å². The van der Waals surface area contributed by atoms with Gasteiger partial charge in [-0.25, -0.2) is 0 Å². The third-order valence-corrected chi connectivity index (χ3v) is 7.52. The molecule has 3 N–H and O–H groups in total. The SMILES string of the molecule is COc1ccc(Cl)cc1NC(=O)C1CC2CCC[NH+]2[C@@]12C(=O)Nc1ccc(Br)cc12. The summed E-state index contributed by atoms with van der Waals surface area (Å²) >= 11 is 9.69. The Morgan fingerprint density at radius 3 is 2.97 bits per heavy atom. The Bertz CT molecular complexity index is 1060. The molecule has 3 aliphatic heterocycles. The maximum atomic E-state index is 13.6. The van der Waals surface area contributed by atoms with Crippen LogP contribution in [0.4, 0.5) is 11.4 Å². The van der Waals surface area contributed by atoms with Crippen molar-refractivity contribution < 1.29 is 19.2 Å². The van der Waals surface area contributed by atoms with Crippen LogP contribution in [0.15, 0.2) is 40.9 Å². The van der Waals surface area contributed by atoms with E-state index in [0.29, 0.717) is 22.9 Å². The monoisotopic (exact) mass is 490 g/mol. The number of methoxy groups -OCH3 is 1. The summed E-state index contributed by atoms with van der Waals surface area (Å²) in [6.45, 7) is 0.883. The summed E-state index contributed by atoms with van der Waals surface area (Å²) in [6.07, 6.45) is 2.76. The standard InChI is InChI=1S/C22H21BrClN3O3/c1-30-19-7-5-13(24)10-18(19)25-20(28)16-11-14-3-2-8-27(14)22(16)15-9-12(23)4-6-17(15)26-21(22)29/h4-7,9-10,14,16H,2-3,8,11H2,1H3,(H,25,28)(H,26,29)/p+1/t14?,16?,22-/m1/s1. The average molecular weight is 492 g/mol. The van der Waals surface area contributed by atoms with Gasteiger partial charge in [0.05, 0.1) is 31.1 Å². The first-order valence-electron chi connectivity index (χ1n) is 10.1. The van der Waals surface area contributed by atoms with Gasteiger partial charge in [-0.15, -0.1) is 0 Å². The number of hydrogen-bond acceptors (Lipinski definition) is 3. The van der Waals surface area contributed by atoms with E-state index in [-0.39, 0.29) is 17.9 Å². The molecule has 30 heavy (non-hydrogen) atoms. The summed E-state index contributed by atoms with van der Waals surface area (Å²) in [5.41, 5.74) is 1.29. The first kappa shape index (κ1) is 19.8. The van der Waals surface area contributed by atoms with Crippen molar-refractivity contribution in [1.29, 1.82) is 0 Å². The van der Waals surface area contributed by atoms with Crippen molar-refractivity contribution in [3.05, 3.63) is 51.5 Å². The third kappa shape index (κ3) is 2.79. The molecule has 2 fully saturated rings. The second kappa shape index (κ2) is 7.25. The summed E-state index contributed by atoms with van der Waals surface area (Å²) < 4.78 is 6.28. The van der Waals surface area contributed by atoms with Gasteiger partial charge in [-0.05, 0) is 36.4 Å². The van der Waals surface area contributed by atoms with E-state index in [1.54, 1.807) is 25.3 Å². The largest absolute Gasteiger partial charge is 0.495 e. The van der Waals surface area contributed by atoms with E-state index in [4.69, 9.17) is 16.3 Å². The van der Waals surface area contributed by atoms with Crippen LogP contribution in [0.5, 0.6) is 5.75 Å². The molecule has 0 aromatic heterocycles. The lowest BCUT2D eigenvalue weighted by molar-refractivity contribution is -0.947. The Hall–Kier alpha value is -2.09. The van der Waals surface area contributed by atoms with Crippen molar-refractivity contribution in [2.45, 2.75) is 30.8 Å². The maximum Gasteiger partial charge on any atom is 0.291 e. The number of fused-ring (bicyclic) bond motifs is 4. The predicted octanol–water partition coefficient (Wildman–Crippen LogP) is 2.96. The topological polar surface area (TPSA) is 71.9 Å². The van der Waals surface area contributed by atoms with Crippen molar-refractivity contribution in [2.24, 2.45) is 5.92 Å². The van der Waals surface area contributed by atoms with E-state index in [1.807, 2.05) is 18.2 Å². The second-order valence-corrected chi connectivity index (χ2v) is 9.54. The van der Waals surface area contributed by atoms with Gasteiger partial charge in [0.25, 0.3) is 5.91 Å². The lowest BCUT2D eigenvalue weighted by Gasteiger charge is -2.33. The van der Waals surface area contributed by atoms with Gasteiger partial charge in [0, 0.05) is 34.3 Å². The molecule has 0 bridgehead atoms. The number of anilines is 2. The molecule has 5 rings (SSSR count). The van der Waals surface area contributed by atoms with E-state index in [0.717, 1.165) is 35.1 Å². The van der Waals surface area contributed by atoms with Crippen LogP contribution in [-0.4, -0.2) is 31.5 Å². The number of hydrogen-bond donors (Lipinski definition) is 3. The van der Waals surface area contributed by atoms with Crippen LogP contribution in [0.25, 0.3) is 0 Å². The predicted molar refractivity (Wildman–Crippen MR) is 118 cm³/mol. The van der Waals surface area contributed by atoms with Crippen LogP contribution < -0.4 is 20.3 Å². The van der Waals surface area contributed by atoms with Gasteiger partial charge in [-0.1, -0.05) is 27.5 Å². The van der Waals surface area contributed by atoms with Crippen molar-refractivity contribution in [1.82, 2.24) is 0 Å². The van der Waals surface area contributed by atoms with Gasteiger partial charge in [0.2, 0.25) is 11.4 Å². The first-order valence-corrected chi connectivity index (χ1v) is 11.2. The summed E-state index contributed by atoms with van der Waals surface area (Å²) in [4.78, 5) is 28.3. The minimum Gasteiger partial charge on any atom is -0.495 e. The molecule has 2 aromatic rings. The number of nitrogens with one attached hydrogen (secondary N) is 3. The second-order valence-electron chi connectivity index (χ2n) is 8.19. The van der Waals surface area contributed by atoms with E-state index in [9.17, 15) is 9.59 Å². The van der Waals surface area contributed by atoms with Gasteiger partial charge >= 0.3 is 0 Å². The van der Waals surface area contributed by atoms with Crippen LogP contribution in [0.3, 0.4) is 0 Å². The van der Waals surface area contributed by atoms with Crippen LogP contribution in [-0.2, 0) is 15.1 Å². The Morgan fingerprint density at radius 1 is 1.33 bits per heavy atom. The molecule has 3 unspecified atom stereocenters. The molecule has 2 aromatic carbocycles. The molecule has 156 valence electrons. The zero-order chi connectivity index (χ0) is 21.0. The number of quaternary nitrogens is 1. The van der Waals surface area contributed by atoms with Crippen molar-refractivity contribution >= 4 is 50.7 Å². The fourth-order valence-electron chi connectivity index (χ4n) is 5.64. The number of ether oxygens (including phenoxy) is 1. The number of amides is 2. The van der Waals surface area contributed by atoms with Gasteiger partial charge in [0.1, 0.15) is 11.7 Å². The molecule has 3 aliphatic rings. The molecule has 0 radical (unpaired) electrons. The van der Waals surface area contributed by atoms with Gasteiger partial charge in [-0.3, -0.25) is 9.59 Å². The van der Waals surface area contributed by atoms with Crippen LogP contribution >= 0.6 is 27.5 Å². The van der Waals surface area contributed by atoms with Gasteiger partial charge in [-0.2, -0.15) is 0 Å². The third-order valence-electron chi connectivity index (χ3n) is 6.79. The fourth-order valence-corrected chi connectivity index (χ4v) is 6.18. The highest BCUT2D eigenvalue weighted by molar-refractivity contribution is 9.10. The van der Waals surface area contributed by atoms with Crippen LogP contribution in [0, 0.1) is 5.92 Å². The summed E-state index contributed by atoms with van der Waals surface area (Å²) in [5, 5.41) is 6.55. The lowest BCUT2D eigenvalue weighted by Crippen LogP contribution is -3.19. The molecule has 0 aliphatic carbocycles. The number of halogens is 2. The number of carbonyl (C=O) groups excluding carboxylic acids is 2. The number of carbonyl (C=O) groups is 2. The summed E-state index contributed by atoms with van der Waals surface area (Å²) in [6, 6.07) is 11.2.